The van der Waals surface area contributed by atoms with Crippen molar-refractivity contribution < 1.29 is 17.5 Å². The second-order valence-electron chi connectivity index (χ2n) is 6.08. The van der Waals surface area contributed by atoms with E-state index in [2.05, 4.69) is 20.9 Å². The van der Waals surface area contributed by atoms with Crippen molar-refractivity contribution in [3.05, 3.63) is 50.0 Å². The van der Waals surface area contributed by atoms with Crippen LogP contribution in [-0.2, 0) is 16.4 Å². The third-order valence-electron chi connectivity index (χ3n) is 3.81. The summed E-state index contributed by atoms with van der Waals surface area (Å²) in [5.74, 6) is -0.604. The first-order valence-electron chi connectivity index (χ1n) is 7.58. The lowest BCUT2D eigenvalue weighted by Crippen LogP contribution is -2.27. The Morgan fingerprint density at radius 1 is 1.40 bits per heavy atom. The van der Waals surface area contributed by atoms with Crippen LogP contribution in [0.2, 0.25) is 0 Å². The third kappa shape index (κ3) is 3.77. The van der Waals surface area contributed by atoms with Gasteiger partial charge in [0.05, 0.1) is 0 Å². The van der Waals surface area contributed by atoms with Crippen LogP contribution in [0.4, 0.5) is 4.39 Å². The molecule has 1 aromatic carbocycles. The average Bonchev–Trinajstić information content (AvgIpc) is 3.33. The summed E-state index contributed by atoms with van der Waals surface area (Å²) in [5, 5.41) is -0.331. The molecule has 134 valence electrons. The summed E-state index contributed by atoms with van der Waals surface area (Å²) in [6.07, 6.45) is 2.45. The Labute approximate surface area is 152 Å². The number of aryl methyl sites for hydroxylation is 1. The summed E-state index contributed by atoms with van der Waals surface area (Å²) < 4.78 is 44.6. The summed E-state index contributed by atoms with van der Waals surface area (Å²) in [6.45, 7) is 1.59. The molecular weight excluding hydrogens is 415 g/mol. The Kier molecular flexibility index (Phi) is 4.72. The van der Waals surface area contributed by atoms with Gasteiger partial charge in [0.25, 0.3) is 5.56 Å². The van der Waals surface area contributed by atoms with Crippen LogP contribution in [0.3, 0.4) is 0 Å². The number of benzene rings is 1. The molecule has 0 N–H and O–H groups in total. The monoisotopic (exact) mass is 430 g/mol. The highest BCUT2D eigenvalue weighted by atomic mass is 79.9. The van der Waals surface area contributed by atoms with Crippen molar-refractivity contribution in [2.45, 2.75) is 37.6 Å². The Hall–Kier alpha value is -1.74. The van der Waals surface area contributed by atoms with E-state index in [9.17, 15) is 17.6 Å². The molecule has 0 aliphatic heterocycles. The average molecular weight is 431 g/mol. The highest BCUT2D eigenvalue weighted by molar-refractivity contribution is 9.10. The van der Waals surface area contributed by atoms with Gasteiger partial charge in [-0.25, -0.2) is 12.8 Å². The largest absolute Gasteiger partial charge is 0.472 e. The fourth-order valence-corrected chi connectivity index (χ4v) is 3.63. The third-order valence-corrected chi connectivity index (χ3v) is 5.44. The summed E-state index contributed by atoms with van der Waals surface area (Å²) in [7, 11) is -3.72. The van der Waals surface area contributed by atoms with E-state index in [-0.39, 0.29) is 33.7 Å². The van der Waals surface area contributed by atoms with E-state index >= 15 is 0 Å². The minimum absolute atomic E-state index is 0.0271. The molecule has 0 saturated heterocycles. The van der Waals surface area contributed by atoms with Crippen LogP contribution in [0.5, 0.6) is 5.88 Å². The lowest BCUT2D eigenvalue weighted by Gasteiger charge is -2.14. The van der Waals surface area contributed by atoms with Crippen LogP contribution in [0.25, 0.3) is 0 Å². The Balaban J connectivity index is 1.99. The van der Waals surface area contributed by atoms with Gasteiger partial charge in [0.1, 0.15) is 16.9 Å². The van der Waals surface area contributed by atoms with Gasteiger partial charge in [-0.15, -0.1) is 0 Å². The first kappa shape index (κ1) is 18.1. The highest BCUT2D eigenvalue weighted by Gasteiger charge is 2.33. The molecule has 3 rings (SSSR count). The van der Waals surface area contributed by atoms with Gasteiger partial charge >= 0.3 is 0 Å². The molecule has 2 aromatic rings. The van der Waals surface area contributed by atoms with Crippen molar-refractivity contribution in [2.75, 3.05) is 6.26 Å². The summed E-state index contributed by atoms with van der Waals surface area (Å²) >= 11 is 3.12. The lowest BCUT2D eigenvalue weighted by molar-refractivity contribution is 0.279. The van der Waals surface area contributed by atoms with Gasteiger partial charge in [0.2, 0.25) is 20.9 Å². The molecule has 0 radical (unpaired) electrons. The van der Waals surface area contributed by atoms with Crippen LogP contribution in [0.15, 0.2) is 32.6 Å². The smallest absolute Gasteiger partial charge is 0.272 e. The molecule has 0 amide bonds. The standard InChI is InChI=1S/C16H16BrFN2O4S/c1-9-3-4-10(12(18)7-9)8-24-14-13(17)15(21)20(11-5-6-11)16(19-14)25(2,22)23/h3-4,7,11H,5-6,8H2,1-2H3. The highest BCUT2D eigenvalue weighted by Crippen LogP contribution is 2.36. The molecule has 9 heteroatoms. The molecule has 1 aromatic heterocycles. The summed E-state index contributed by atoms with van der Waals surface area (Å²) in [4.78, 5) is 16.5. The van der Waals surface area contributed by atoms with Crippen LogP contribution in [0, 0.1) is 12.7 Å². The molecule has 1 fully saturated rings. The minimum atomic E-state index is -3.72. The van der Waals surface area contributed by atoms with Crippen molar-refractivity contribution in [1.29, 1.82) is 0 Å². The molecule has 0 atom stereocenters. The fourth-order valence-electron chi connectivity index (χ4n) is 2.40. The molecule has 25 heavy (non-hydrogen) atoms. The van der Waals surface area contributed by atoms with E-state index < -0.39 is 21.2 Å². The van der Waals surface area contributed by atoms with Crippen LogP contribution < -0.4 is 10.3 Å². The first-order valence-corrected chi connectivity index (χ1v) is 10.3. The van der Waals surface area contributed by atoms with Gasteiger partial charge in [-0.3, -0.25) is 9.36 Å². The number of halogens is 2. The second-order valence-corrected chi connectivity index (χ2v) is 8.78. The Morgan fingerprint density at radius 2 is 2.08 bits per heavy atom. The van der Waals surface area contributed by atoms with Crippen molar-refractivity contribution in [3.8, 4) is 5.88 Å². The molecule has 6 nitrogen and oxygen atoms in total. The molecule has 0 bridgehead atoms. The quantitative estimate of drug-likeness (QED) is 0.681. The molecule has 0 unspecified atom stereocenters. The van der Waals surface area contributed by atoms with Crippen molar-refractivity contribution in [2.24, 2.45) is 0 Å². The zero-order valence-corrected chi connectivity index (χ0v) is 16.0. The number of hydrogen-bond donors (Lipinski definition) is 0. The van der Waals surface area contributed by atoms with Crippen molar-refractivity contribution in [1.82, 2.24) is 9.55 Å². The predicted octanol–water partition coefficient (Wildman–Crippen LogP) is 2.77. The molecule has 1 saturated carbocycles. The molecule has 0 spiro atoms. The van der Waals surface area contributed by atoms with Gasteiger partial charge in [-0.2, -0.15) is 4.98 Å². The van der Waals surface area contributed by atoms with E-state index in [0.29, 0.717) is 0 Å². The summed E-state index contributed by atoms with van der Waals surface area (Å²) in [5.41, 5.74) is 0.538. The van der Waals surface area contributed by atoms with Gasteiger partial charge in [0.15, 0.2) is 0 Å². The number of rotatable bonds is 5. The lowest BCUT2D eigenvalue weighted by atomic mass is 10.1. The minimum Gasteiger partial charge on any atom is -0.472 e. The normalized spacial score (nSPS) is 14.6. The number of nitrogens with zero attached hydrogens (tertiary/aromatic N) is 2. The Bertz CT molecular complexity index is 1000. The van der Waals surface area contributed by atoms with Crippen LogP contribution in [0.1, 0.15) is 30.0 Å². The number of ether oxygens (including phenoxy) is 1. The van der Waals surface area contributed by atoms with E-state index in [4.69, 9.17) is 4.74 Å². The van der Waals surface area contributed by atoms with Crippen molar-refractivity contribution >= 4 is 25.8 Å². The zero-order valence-electron chi connectivity index (χ0n) is 13.6. The first-order chi connectivity index (χ1) is 11.7. The van der Waals surface area contributed by atoms with Gasteiger partial charge in [-0.1, -0.05) is 12.1 Å². The molecule has 1 aliphatic carbocycles. The Morgan fingerprint density at radius 3 is 2.64 bits per heavy atom. The predicted molar refractivity (Wildman–Crippen MR) is 93.0 cm³/mol. The van der Waals surface area contributed by atoms with Gasteiger partial charge in [-0.05, 0) is 47.3 Å². The van der Waals surface area contributed by atoms with E-state index in [1.165, 1.54) is 10.6 Å². The van der Waals surface area contributed by atoms with Crippen LogP contribution in [-0.4, -0.2) is 24.2 Å². The van der Waals surface area contributed by atoms with E-state index in [1.54, 1.807) is 19.1 Å². The van der Waals surface area contributed by atoms with Crippen LogP contribution >= 0.6 is 15.9 Å². The number of hydrogen-bond acceptors (Lipinski definition) is 5. The van der Waals surface area contributed by atoms with Gasteiger partial charge < -0.3 is 4.74 Å². The maximum Gasteiger partial charge on any atom is 0.272 e. The maximum absolute atomic E-state index is 13.9. The second kappa shape index (κ2) is 6.53. The van der Waals surface area contributed by atoms with E-state index in [1.807, 2.05) is 0 Å². The maximum atomic E-state index is 13.9. The molecule has 1 aliphatic rings. The molecular formula is C16H16BrFN2O4S. The van der Waals surface area contributed by atoms with Gasteiger partial charge in [0, 0.05) is 17.9 Å². The zero-order chi connectivity index (χ0) is 18.4. The topological polar surface area (TPSA) is 78.3 Å². The number of aromatic nitrogens is 2. The SMILES string of the molecule is Cc1ccc(COc2nc(S(C)(=O)=O)n(C3CC3)c(=O)c2Br)c(F)c1. The fraction of sp³-hybridized carbons (Fsp3) is 0.375. The summed E-state index contributed by atoms with van der Waals surface area (Å²) in [6, 6.07) is 4.51. The van der Waals surface area contributed by atoms with Crippen molar-refractivity contribution in [3.63, 3.8) is 0 Å². The molecule has 1 heterocycles. The van der Waals surface area contributed by atoms with E-state index in [0.717, 1.165) is 24.7 Å². The number of sulfone groups is 1.